The van der Waals surface area contributed by atoms with Crippen LogP contribution < -0.4 is 0 Å². The third kappa shape index (κ3) is 5.01. The van der Waals surface area contributed by atoms with Crippen molar-refractivity contribution in [2.75, 3.05) is 19.6 Å². The Balaban J connectivity index is 1.47. The van der Waals surface area contributed by atoms with E-state index in [1.165, 1.54) is 27.2 Å². The number of carbonyl (C=O) groups is 2. The lowest BCUT2D eigenvalue weighted by atomic mass is 10.2. The monoisotopic (exact) mass is 493 g/mol. The second-order valence-electron chi connectivity index (χ2n) is 7.85. The third-order valence-corrected chi connectivity index (χ3v) is 8.99. The number of hydrogen-bond acceptors (Lipinski definition) is 6. The second-order valence-corrected chi connectivity index (χ2v) is 11.4. The Kier molecular flexibility index (Phi) is 7.19. The minimum Gasteiger partial charge on any atom is -0.278 e. The van der Waals surface area contributed by atoms with Crippen molar-refractivity contribution in [1.82, 2.24) is 14.2 Å². The highest BCUT2D eigenvalue weighted by Gasteiger charge is 2.33. The summed E-state index contributed by atoms with van der Waals surface area (Å²) < 4.78 is 26.8. The first kappa shape index (κ1) is 23.2. The first-order valence-electron chi connectivity index (χ1n) is 10.6. The van der Waals surface area contributed by atoms with Crippen LogP contribution in [-0.4, -0.2) is 59.3 Å². The van der Waals surface area contributed by atoms with Crippen LogP contribution in [0.2, 0.25) is 5.02 Å². The Bertz CT molecular complexity index is 1090. The minimum atomic E-state index is -3.53. The van der Waals surface area contributed by atoms with Crippen LogP contribution >= 0.6 is 23.4 Å². The molecule has 2 aliphatic heterocycles. The zero-order valence-electron chi connectivity index (χ0n) is 17.4. The zero-order chi connectivity index (χ0) is 22.7. The van der Waals surface area contributed by atoms with Crippen molar-refractivity contribution in [1.29, 1.82) is 0 Å². The summed E-state index contributed by atoms with van der Waals surface area (Å²) in [5.41, 5.74) is 0.419. The average Bonchev–Trinajstić information content (AvgIpc) is 3.28. The molecule has 2 aromatic rings. The first-order valence-corrected chi connectivity index (χ1v) is 13.3. The number of thioether (sulfide) groups is 1. The average molecular weight is 494 g/mol. The number of amides is 2. The Morgan fingerprint density at radius 2 is 1.69 bits per heavy atom. The molecule has 0 N–H and O–H groups in total. The SMILES string of the molecule is O=C(c1ccc(Cl)cc1)N1CCCC[C@@H](Sc2ccc(S(=O)(=O)N3CCCC3)cn2)C1=O. The number of imide groups is 1. The smallest absolute Gasteiger partial charge is 0.260 e. The number of carbonyl (C=O) groups excluding carboxylic acids is 2. The van der Waals surface area contributed by atoms with Gasteiger partial charge in [0, 0.05) is 36.4 Å². The molecule has 170 valence electrons. The Morgan fingerprint density at radius 1 is 1.00 bits per heavy atom. The molecule has 1 aromatic carbocycles. The van der Waals surface area contributed by atoms with E-state index >= 15 is 0 Å². The van der Waals surface area contributed by atoms with Crippen molar-refractivity contribution in [3.8, 4) is 0 Å². The molecule has 3 heterocycles. The van der Waals surface area contributed by atoms with Crippen molar-refractivity contribution in [3.05, 3.63) is 53.2 Å². The molecular formula is C22H24ClN3O4S2. The van der Waals surface area contributed by atoms with Gasteiger partial charge in [0.15, 0.2) is 0 Å². The van der Waals surface area contributed by atoms with Crippen molar-refractivity contribution >= 4 is 45.2 Å². The molecule has 7 nitrogen and oxygen atoms in total. The summed E-state index contributed by atoms with van der Waals surface area (Å²) in [6.07, 6.45) is 5.28. The molecule has 2 saturated heterocycles. The van der Waals surface area contributed by atoms with E-state index in [9.17, 15) is 18.0 Å². The van der Waals surface area contributed by atoms with Gasteiger partial charge in [0.2, 0.25) is 15.9 Å². The molecule has 2 aliphatic rings. The minimum absolute atomic E-state index is 0.162. The van der Waals surface area contributed by atoms with E-state index < -0.39 is 15.3 Å². The molecule has 10 heteroatoms. The van der Waals surface area contributed by atoms with Crippen molar-refractivity contribution in [2.24, 2.45) is 0 Å². The van der Waals surface area contributed by atoms with E-state index in [0.717, 1.165) is 25.7 Å². The summed E-state index contributed by atoms with van der Waals surface area (Å²) in [5, 5.41) is 0.630. The predicted octanol–water partition coefficient (Wildman–Crippen LogP) is 3.83. The predicted molar refractivity (Wildman–Crippen MR) is 123 cm³/mol. The van der Waals surface area contributed by atoms with Crippen LogP contribution in [0, 0.1) is 0 Å². The van der Waals surface area contributed by atoms with Gasteiger partial charge in [0.05, 0.1) is 10.3 Å². The zero-order valence-corrected chi connectivity index (χ0v) is 19.8. The van der Waals surface area contributed by atoms with E-state index in [-0.39, 0.29) is 16.7 Å². The van der Waals surface area contributed by atoms with Crippen LogP contribution in [0.4, 0.5) is 0 Å². The maximum Gasteiger partial charge on any atom is 0.260 e. The molecule has 0 saturated carbocycles. The standard InChI is InChI=1S/C22H24ClN3O4S2/c23-17-8-6-16(7-9-17)21(27)26-14-2-1-5-19(22(26)28)31-20-11-10-18(15-24-20)32(29,30)25-12-3-4-13-25/h6-11,15,19H,1-5,12-14H2/t19-/m1/s1. The molecule has 0 radical (unpaired) electrons. The van der Waals surface area contributed by atoms with Crippen molar-refractivity contribution in [3.63, 3.8) is 0 Å². The van der Waals surface area contributed by atoms with Crippen LogP contribution in [0.25, 0.3) is 0 Å². The highest BCUT2D eigenvalue weighted by Crippen LogP contribution is 2.30. The fourth-order valence-corrected chi connectivity index (χ4v) is 6.53. The molecule has 0 unspecified atom stereocenters. The molecule has 32 heavy (non-hydrogen) atoms. The molecule has 1 atom stereocenters. The van der Waals surface area contributed by atoms with Gasteiger partial charge in [-0.1, -0.05) is 29.8 Å². The summed E-state index contributed by atoms with van der Waals surface area (Å²) in [5.74, 6) is -0.581. The number of rotatable bonds is 5. The van der Waals surface area contributed by atoms with Crippen LogP contribution in [0.5, 0.6) is 0 Å². The normalized spacial score (nSPS) is 20.3. The summed E-state index contributed by atoms with van der Waals surface area (Å²) in [4.78, 5) is 31.8. The van der Waals surface area contributed by atoms with E-state index in [1.807, 2.05) is 0 Å². The van der Waals surface area contributed by atoms with Crippen LogP contribution in [0.1, 0.15) is 42.5 Å². The molecule has 1 aromatic heterocycles. The third-order valence-electron chi connectivity index (χ3n) is 5.65. The van der Waals surface area contributed by atoms with E-state index in [1.54, 1.807) is 36.4 Å². The molecular weight excluding hydrogens is 470 g/mol. The fraction of sp³-hybridized carbons (Fsp3) is 0.409. The molecule has 2 fully saturated rings. The fourth-order valence-electron chi connectivity index (χ4n) is 3.88. The van der Waals surface area contributed by atoms with Gasteiger partial charge >= 0.3 is 0 Å². The topological polar surface area (TPSA) is 87.7 Å². The number of aromatic nitrogens is 1. The van der Waals surface area contributed by atoms with Gasteiger partial charge < -0.3 is 0 Å². The van der Waals surface area contributed by atoms with Crippen LogP contribution in [0.3, 0.4) is 0 Å². The number of benzene rings is 1. The number of nitrogens with zero attached hydrogens (tertiary/aromatic N) is 3. The number of hydrogen-bond donors (Lipinski definition) is 0. The van der Waals surface area contributed by atoms with Gasteiger partial charge in [-0.2, -0.15) is 4.31 Å². The number of sulfonamides is 1. The summed E-state index contributed by atoms with van der Waals surface area (Å²) in [7, 11) is -3.53. The van der Waals surface area contributed by atoms with Gasteiger partial charge in [0.1, 0.15) is 4.90 Å². The number of pyridine rings is 1. The molecule has 0 spiro atoms. The van der Waals surface area contributed by atoms with Crippen molar-refractivity contribution < 1.29 is 18.0 Å². The number of likely N-dealkylation sites (tertiary alicyclic amines) is 1. The second kappa shape index (κ2) is 9.91. The molecule has 2 amide bonds. The summed E-state index contributed by atoms with van der Waals surface area (Å²) in [6, 6.07) is 9.67. The molecule has 0 aliphatic carbocycles. The largest absolute Gasteiger partial charge is 0.278 e. The summed E-state index contributed by atoms with van der Waals surface area (Å²) >= 11 is 7.18. The number of halogens is 1. The Morgan fingerprint density at radius 3 is 2.34 bits per heavy atom. The van der Waals surface area contributed by atoms with Gasteiger partial charge in [-0.3, -0.25) is 14.5 Å². The van der Waals surface area contributed by atoms with Crippen molar-refractivity contribution in [2.45, 2.75) is 47.3 Å². The van der Waals surface area contributed by atoms with Crippen LogP contribution in [-0.2, 0) is 14.8 Å². The van der Waals surface area contributed by atoms with E-state index in [4.69, 9.17) is 11.6 Å². The Hall–Kier alpha value is -1.94. The maximum atomic E-state index is 13.2. The maximum absolute atomic E-state index is 13.2. The lowest BCUT2D eigenvalue weighted by Crippen LogP contribution is -2.41. The van der Waals surface area contributed by atoms with Crippen LogP contribution in [0.15, 0.2) is 52.5 Å². The van der Waals surface area contributed by atoms with E-state index in [2.05, 4.69) is 4.98 Å². The quantitative estimate of drug-likeness (QED) is 0.588. The summed E-state index contributed by atoms with van der Waals surface area (Å²) in [6.45, 7) is 1.44. The highest BCUT2D eigenvalue weighted by molar-refractivity contribution is 8.00. The van der Waals surface area contributed by atoms with Gasteiger partial charge in [-0.05, 0) is 62.1 Å². The first-order chi connectivity index (χ1) is 15.4. The molecule has 4 rings (SSSR count). The van der Waals surface area contributed by atoms with Gasteiger partial charge in [0.25, 0.3) is 5.91 Å². The molecule has 0 bridgehead atoms. The highest BCUT2D eigenvalue weighted by atomic mass is 35.5. The lowest BCUT2D eigenvalue weighted by molar-refractivity contribution is -0.127. The van der Waals surface area contributed by atoms with Gasteiger partial charge in [-0.15, -0.1) is 0 Å². The van der Waals surface area contributed by atoms with Gasteiger partial charge in [-0.25, -0.2) is 13.4 Å². The Labute approximate surface area is 197 Å². The van der Waals surface area contributed by atoms with E-state index in [0.29, 0.717) is 41.7 Å². The lowest BCUT2D eigenvalue weighted by Gasteiger charge is -2.22.